The molecule has 0 aliphatic carbocycles. The van der Waals surface area contributed by atoms with Crippen molar-refractivity contribution in [2.75, 3.05) is 18.5 Å². The molecule has 0 aromatic heterocycles. The first-order valence-corrected chi connectivity index (χ1v) is 9.97. The van der Waals surface area contributed by atoms with Crippen molar-refractivity contribution in [2.24, 2.45) is 0 Å². The van der Waals surface area contributed by atoms with Crippen LogP contribution in [0.25, 0.3) is 0 Å². The number of ether oxygens (including phenoxy) is 1. The van der Waals surface area contributed by atoms with Crippen molar-refractivity contribution in [1.82, 2.24) is 4.90 Å². The van der Waals surface area contributed by atoms with Crippen molar-refractivity contribution >= 4 is 23.4 Å². The zero-order chi connectivity index (χ0) is 22.1. The molecule has 6 nitrogen and oxygen atoms in total. The fraction of sp³-hybridized carbons (Fsp3) is 0.375. The second kappa shape index (κ2) is 8.03. The monoisotopic (exact) mass is 408 g/mol. The van der Waals surface area contributed by atoms with Crippen LogP contribution in [0.1, 0.15) is 60.9 Å². The molecule has 2 aromatic carbocycles. The number of fused-ring (bicyclic) bond motifs is 1. The fourth-order valence-electron chi connectivity index (χ4n) is 3.45. The number of carbonyl (C=O) groups is 3. The van der Waals surface area contributed by atoms with Crippen LogP contribution in [0.2, 0.25) is 0 Å². The maximum Gasteiger partial charge on any atom is 0.262 e. The summed E-state index contributed by atoms with van der Waals surface area (Å²) in [4.78, 5) is 38.8. The van der Waals surface area contributed by atoms with E-state index in [-0.39, 0.29) is 36.4 Å². The van der Waals surface area contributed by atoms with Crippen molar-refractivity contribution < 1.29 is 19.1 Å². The van der Waals surface area contributed by atoms with E-state index in [0.29, 0.717) is 16.8 Å². The normalized spacial score (nSPS) is 14.1. The molecule has 0 saturated heterocycles. The molecule has 0 radical (unpaired) electrons. The van der Waals surface area contributed by atoms with Gasteiger partial charge in [-0.15, -0.1) is 0 Å². The number of nitrogens with zero attached hydrogens (tertiary/aromatic N) is 1. The molecule has 1 aliphatic rings. The van der Waals surface area contributed by atoms with Gasteiger partial charge >= 0.3 is 0 Å². The van der Waals surface area contributed by atoms with Gasteiger partial charge in [0.1, 0.15) is 6.61 Å². The third kappa shape index (κ3) is 4.44. The van der Waals surface area contributed by atoms with E-state index in [1.165, 1.54) is 10.5 Å². The highest BCUT2D eigenvalue weighted by atomic mass is 16.5. The second-order valence-electron chi connectivity index (χ2n) is 9.17. The Bertz CT molecular complexity index is 936. The number of hydrogen-bond donors (Lipinski definition) is 1. The highest BCUT2D eigenvalue weighted by molar-refractivity contribution is 6.21. The molecule has 3 amide bonds. The molecule has 3 rings (SSSR count). The minimum atomic E-state index is -0.887. The average Bonchev–Trinajstić information content (AvgIpc) is 2.93. The Labute approximate surface area is 177 Å². The van der Waals surface area contributed by atoms with Crippen LogP contribution < -0.4 is 5.32 Å². The summed E-state index contributed by atoms with van der Waals surface area (Å²) in [6.07, 6.45) is 0. The summed E-state index contributed by atoms with van der Waals surface area (Å²) in [6.45, 7) is 9.76. The van der Waals surface area contributed by atoms with E-state index < -0.39 is 5.54 Å². The van der Waals surface area contributed by atoms with Gasteiger partial charge in [0.25, 0.3) is 11.8 Å². The molecule has 1 aliphatic heterocycles. The van der Waals surface area contributed by atoms with E-state index >= 15 is 0 Å². The first-order chi connectivity index (χ1) is 14.0. The largest absolute Gasteiger partial charge is 0.369 e. The SMILES string of the molecule is CC(C)(C)c1ccc(NC(=O)COCC(C)(C)N2C(=O)c3ccccc3C2=O)cc1. The number of anilines is 1. The Balaban J connectivity index is 1.55. The van der Waals surface area contributed by atoms with Gasteiger partial charge in [-0.05, 0) is 49.1 Å². The Morgan fingerprint density at radius 2 is 1.43 bits per heavy atom. The van der Waals surface area contributed by atoms with E-state index in [4.69, 9.17) is 4.74 Å². The number of rotatable bonds is 6. The number of hydrogen-bond acceptors (Lipinski definition) is 4. The summed E-state index contributed by atoms with van der Waals surface area (Å²) in [7, 11) is 0. The van der Waals surface area contributed by atoms with Crippen molar-refractivity contribution in [1.29, 1.82) is 0 Å². The highest BCUT2D eigenvalue weighted by Crippen LogP contribution is 2.29. The number of amides is 3. The number of carbonyl (C=O) groups excluding carboxylic acids is 3. The van der Waals surface area contributed by atoms with Gasteiger partial charge in [0.15, 0.2) is 0 Å². The van der Waals surface area contributed by atoms with Crippen LogP contribution >= 0.6 is 0 Å². The molecule has 0 unspecified atom stereocenters. The van der Waals surface area contributed by atoms with Crippen LogP contribution in [-0.4, -0.2) is 41.4 Å². The van der Waals surface area contributed by atoms with Crippen LogP contribution in [0, 0.1) is 0 Å². The molecule has 1 N–H and O–H groups in total. The van der Waals surface area contributed by atoms with Crippen molar-refractivity contribution in [3.8, 4) is 0 Å². The Morgan fingerprint density at radius 1 is 0.900 bits per heavy atom. The lowest BCUT2D eigenvalue weighted by Crippen LogP contribution is -2.50. The first-order valence-electron chi connectivity index (χ1n) is 9.97. The van der Waals surface area contributed by atoms with E-state index in [0.717, 1.165) is 0 Å². The minimum Gasteiger partial charge on any atom is -0.369 e. The lowest BCUT2D eigenvalue weighted by molar-refractivity contribution is -0.121. The summed E-state index contributed by atoms with van der Waals surface area (Å²) in [5, 5.41) is 2.80. The van der Waals surface area contributed by atoms with E-state index in [2.05, 4.69) is 26.1 Å². The summed E-state index contributed by atoms with van der Waals surface area (Å²) in [5.41, 5.74) is 1.82. The van der Waals surface area contributed by atoms with E-state index in [1.54, 1.807) is 38.1 Å². The van der Waals surface area contributed by atoms with Gasteiger partial charge in [0.2, 0.25) is 5.91 Å². The van der Waals surface area contributed by atoms with Gasteiger partial charge < -0.3 is 10.1 Å². The van der Waals surface area contributed by atoms with Crippen LogP contribution in [0.4, 0.5) is 5.69 Å². The lowest BCUT2D eigenvalue weighted by Gasteiger charge is -2.33. The topological polar surface area (TPSA) is 75.7 Å². The van der Waals surface area contributed by atoms with E-state index in [9.17, 15) is 14.4 Å². The lowest BCUT2D eigenvalue weighted by atomic mass is 9.87. The third-order valence-electron chi connectivity index (χ3n) is 5.12. The molecule has 158 valence electrons. The average molecular weight is 408 g/mol. The standard InChI is InChI=1S/C24H28N2O4/c1-23(2,3)16-10-12-17(13-11-16)25-20(27)14-30-15-24(4,5)26-21(28)18-8-6-7-9-19(18)22(26)29/h6-13H,14-15H2,1-5H3,(H,25,27). The van der Waals surface area contributed by atoms with Gasteiger partial charge in [-0.2, -0.15) is 0 Å². The molecule has 2 aromatic rings. The summed E-state index contributed by atoms with van der Waals surface area (Å²) in [5.74, 6) is -0.975. The highest BCUT2D eigenvalue weighted by Gasteiger charge is 2.44. The third-order valence-corrected chi connectivity index (χ3v) is 5.12. The van der Waals surface area contributed by atoms with Gasteiger partial charge in [-0.25, -0.2) is 0 Å². The molecule has 0 saturated carbocycles. The Kier molecular flexibility index (Phi) is 5.81. The molecule has 6 heteroatoms. The fourth-order valence-corrected chi connectivity index (χ4v) is 3.45. The van der Waals surface area contributed by atoms with E-state index in [1.807, 2.05) is 24.3 Å². The molecule has 1 heterocycles. The van der Waals surface area contributed by atoms with Crippen molar-refractivity contribution in [3.05, 3.63) is 65.2 Å². The Hall–Kier alpha value is -2.99. The number of nitrogens with one attached hydrogen (secondary N) is 1. The summed E-state index contributed by atoms with van der Waals surface area (Å²) in [6, 6.07) is 14.5. The molecule has 0 atom stereocenters. The number of imide groups is 1. The first kappa shape index (κ1) is 21.7. The number of benzene rings is 2. The Morgan fingerprint density at radius 3 is 1.93 bits per heavy atom. The predicted molar refractivity (Wildman–Crippen MR) is 116 cm³/mol. The smallest absolute Gasteiger partial charge is 0.262 e. The zero-order valence-corrected chi connectivity index (χ0v) is 18.1. The second-order valence-corrected chi connectivity index (χ2v) is 9.17. The minimum absolute atomic E-state index is 0.0430. The van der Waals surface area contributed by atoms with Crippen LogP contribution in [-0.2, 0) is 14.9 Å². The molecular weight excluding hydrogens is 380 g/mol. The van der Waals surface area contributed by atoms with Crippen molar-refractivity contribution in [2.45, 2.75) is 45.6 Å². The molecule has 30 heavy (non-hydrogen) atoms. The molecule has 0 spiro atoms. The maximum atomic E-state index is 12.7. The van der Waals surface area contributed by atoms with Crippen LogP contribution in [0.3, 0.4) is 0 Å². The van der Waals surface area contributed by atoms with Crippen molar-refractivity contribution in [3.63, 3.8) is 0 Å². The predicted octanol–water partition coefficient (Wildman–Crippen LogP) is 4.01. The van der Waals surface area contributed by atoms with Gasteiger partial charge in [-0.3, -0.25) is 19.3 Å². The van der Waals surface area contributed by atoms with Crippen LogP contribution in [0.5, 0.6) is 0 Å². The maximum absolute atomic E-state index is 12.7. The molecule has 0 bridgehead atoms. The molecular formula is C24H28N2O4. The zero-order valence-electron chi connectivity index (χ0n) is 18.1. The summed E-state index contributed by atoms with van der Waals surface area (Å²) >= 11 is 0. The molecule has 0 fully saturated rings. The van der Waals surface area contributed by atoms with Gasteiger partial charge in [-0.1, -0.05) is 45.0 Å². The summed E-state index contributed by atoms with van der Waals surface area (Å²) < 4.78 is 5.56. The van der Waals surface area contributed by atoms with Crippen LogP contribution in [0.15, 0.2) is 48.5 Å². The van der Waals surface area contributed by atoms with Gasteiger partial charge in [0.05, 0.1) is 23.3 Å². The quantitative estimate of drug-likeness (QED) is 0.733. The van der Waals surface area contributed by atoms with Gasteiger partial charge in [0, 0.05) is 5.69 Å².